The predicted octanol–water partition coefficient (Wildman–Crippen LogP) is 2.13. The molecule has 0 spiro atoms. The molecule has 0 saturated carbocycles. The number of nitro benzene ring substituents is 1. The molecule has 0 bridgehead atoms. The van der Waals surface area contributed by atoms with Crippen molar-refractivity contribution in [1.29, 1.82) is 0 Å². The van der Waals surface area contributed by atoms with Gasteiger partial charge in [0, 0.05) is 6.07 Å². The van der Waals surface area contributed by atoms with Crippen molar-refractivity contribution in [2.45, 2.75) is 25.7 Å². The van der Waals surface area contributed by atoms with Crippen LogP contribution in [0, 0.1) is 10.1 Å². The summed E-state index contributed by atoms with van der Waals surface area (Å²) >= 11 is 0. The van der Waals surface area contributed by atoms with E-state index >= 15 is 0 Å². The molecular weight excluding hydrogens is 238 g/mol. The summed E-state index contributed by atoms with van der Waals surface area (Å²) in [4.78, 5) is 10.2. The molecule has 1 atom stereocenters. The molecule has 0 N–H and O–H groups in total. The molecule has 0 radical (unpaired) electrons. The third-order valence-corrected chi connectivity index (χ3v) is 2.53. The van der Waals surface area contributed by atoms with Crippen molar-refractivity contribution in [3.05, 3.63) is 34.4 Å². The highest BCUT2D eigenvalue weighted by atomic mass is 16.7. The van der Waals surface area contributed by atoms with Gasteiger partial charge in [-0.05, 0) is 19.9 Å². The van der Waals surface area contributed by atoms with Gasteiger partial charge in [-0.1, -0.05) is 6.07 Å². The van der Waals surface area contributed by atoms with Crippen molar-refractivity contribution in [2.75, 3.05) is 13.2 Å². The van der Waals surface area contributed by atoms with Gasteiger partial charge in [-0.25, -0.2) is 0 Å². The van der Waals surface area contributed by atoms with Gasteiger partial charge in [0.15, 0.2) is 5.79 Å². The predicted molar refractivity (Wildman–Crippen MR) is 63.5 cm³/mol. The molecule has 6 nitrogen and oxygen atoms in total. The van der Waals surface area contributed by atoms with Crippen LogP contribution in [0.2, 0.25) is 0 Å². The van der Waals surface area contributed by atoms with Crippen LogP contribution in [-0.2, 0) is 9.47 Å². The molecule has 6 heteroatoms. The Labute approximate surface area is 105 Å². The van der Waals surface area contributed by atoms with E-state index in [1.165, 1.54) is 12.1 Å². The third kappa shape index (κ3) is 3.18. The van der Waals surface area contributed by atoms with E-state index in [0.29, 0.717) is 19.0 Å². The topological polar surface area (TPSA) is 70.8 Å². The van der Waals surface area contributed by atoms with Crippen molar-refractivity contribution in [2.24, 2.45) is 0 Å². The Morgan fingerprint density at radius 3 is 2.94 bits per heavy atom. The minimum Gasteiger partial charge on any atom is -0.491 e. The molecule has 2 rings (SSSR count). The highest BCUT2D eigenvalue weighted by Gasteiger charge is 2.32. The van der Waals surface area contributed by atoms with E-state index in [1.54, 1.807) is 12.1 Å². The van der Waals surface area contributed by atoms with Crippen molar-refractivity contribution in [3.63, 3.8) is 0 Å². The molecule has 0 aromatic heterocycles. The van der Waals surface area contributed by atoms with Crippen molar-refractivity contribution in [1.82, 2.24) is 0 Å². The first-order valence-electron chi connectivity index (χ1n) is 5.65. The summed E-state index contributed by atoms with van der Waals surface area (Å²) in [6.45, 7) is 4.44. The van der Waals surface area contributed by atoms with E-state index in [4.69, 9.17) is 14.2 Å². The number of hydrogen-bond donors (Lipinski definition) is 0. The first kappa shape index (κ1) is 12.8. The largest absolute Gasteiger partial charge is 0.491 e. The second-order valence-corrected chi connectivity index (χ2v) is 4.52. The molecule has 1 aliphatic rings. The van der Waals surface area contributed by atoms with E-state index < -0.39 is 10.7 Å². The van der Waals surface area contributed by atoms with Gasteiger partial charge >= 0.3 is 0 Å². The Balaban J connectivity index is 1.91. The van der Waals surface area contributed by atoms with Gasteiger partial charge in [0.05, 0.1) is 17.6 Å². The third-order valence-electron chi connectivity index (χ3n) is 2.53. The fourth-order valence-electron chi connectivity index (χ4n) is 1.72. The van der Waals surface area contributed by atoms with Crippen LogP contribution in [0.4, 0.5) is 5.69 Å². The maximum atomic E-state index is 10.6. The van der Waals surface area contributed by atoms with E-state index in [0.717, 1.165) is 0 Å². The van der Waals surface area contributed by atoms with Gasteiger partial charge in [-0.2, -0.15) is 0 Å². The second kappa shape index (κ2) is 4.91. The standard InChI is InChI=1S/C12H15NO5/c1-12(2)17-8-11(18-12)7-16-10-5-3-4-9(6-10)13(14)15/h3-6,11H,7-8H2,1-2H3. The van der Waals surface area contributed by atoms with Crippen LogP contribution in [-0.4, -0.2) is 30.0 Å². The van der Waals surface area contributed by atoms with E-state index in [9.17, 15) is 10.1 Å². The van der Waals surface area contributed by atoms with Gasteiger partial charge in [-0.3, -0.25) is 10.1 Å². The lowest BCUT2D eigenvalue weighted by atomic mass is 10.3. The average Bonchev–Trinajstić information content (AvgIpc) is 2.67. The maximum Gasteiger partial charge on any atom is 0.273 e. The zero-order valence-electron chi connectivity index (χ0n) is 10.3. The number of ether oxygens (including phenoxy) is 3. The number of non-ortho nitro benzene ring substituents is 1. The Bertz CT molecular complexity index is 446. The highest BCUT2D eigenvalue weighted by Crippen LogP contribution is 2.24. The zero-order valence-corrected chi connectivity index (χ0v) is 10.3. The first-order valence-corrected chi connectivity index (χ1v) is 5.65. The molecule has 1 aromatic rings. The quantitative estimate of drug-likeness (QED) is 0.607. The normalized spacial score (nSPS) is 21.8. The number of rotatable bonds is 4. The number of hydrogen-bond acceptors (Lipinski definition) is 5. The number of nitrogens with zero attached hydrogens (tertiary/aromatic N) is 1. The van der Waals surface area contributed by atoms with Crippen LogP contribution < -0.4 is 4.74 Å². The van der Waals surface area contributed by atoms with Gasteiger partial charge in [0.1, 0.15) is 18.5 Å². The van der Waals surface area contributed by atoms with Gasteiger partial charge in [-0.15, -0.1) is 0 Å². The fourth-order valence-corrected chi connectivity index (χ4v) is 1.72. The van der Waals surface area contributed by atoms with Crippen LogP contribution in [0.25, 0.3) is 0 Å². The first-order chi connectivity index (χ1) is 8.46. The molecule has 1 aromatic carbocycles. The van der Waals surface area contributed by atoms with Crippen LogP contribution in [0.15, 0.2) is 24.3 Å². The lowest BCUT2D eigenvalue weighted by molar-refractivity contribution is -0.384. The highest BCUT2D eigenvalue weighted by molar-refractivity contribution is 5.37. The maximum absolute atomic E-state index is 10.6. The summed E-state index contributed by atoms with van der Waals surface area (Å²) in [6, 6.07) is 6.07. The van der Waals surface area contributed by atoms with Crippen LogP contribution in [0.3, 0.4) is 0 Å². The molecule has 98 valence electrons. The Hall–Kier alpha value is -1.66. The van der Waals surface area contributed by atoms with Gasteiger partial charge < -0.3 is 14.2 Å². The lowest BCUT2D eigenvalue weighted by Crippen LogP contribution is -2.25. The molecule has 0 aliphatic carbocycles. The van der Waals surface area contributed by atoms with Gasteiger partial charge in [0.2, 0.25) is 0 Å². The minimum absolute atomic E-state index is 0.0106. The summed E-state index contributed by atoms with van der Waals surface area (Å²) < 4.78 is 16.4. The summed E-state index contributed by atoms with van der Waals surface area (Å²) in [6.07, 6.45) is -0.153. The minimum atomic E-state index is -0.587. The van der Waals surface area contributed by atoms with Crippen LogP contribution in [0.5, 0.6) is 5.75 Å². The summed E-state index contributed by atoms with van der Waals surface area (Å²) in [5, 5.41) is 10.6. The van der Waals surface area contributed by atoms with Gasteiger partial charge in [0.25, 0.3) is 5.69 Å². The Morgan fingerprint density at radius 2 is 2.33 bits per heavy atom. The number of benzene rings is 1. The molecular formula is C12H15NO5. The van der Waals surface area contributed by atoms with E-state index in [-0.39, 0.29) is 11.8 Å². The molecule has 1 saturated heterocycles. The van der Waals surface area contributed by atoms with E-state index in [2.05, 4.69) is 0 Å². The molecule has 0 amide bonds. The summed E-state index contributed by atoms with van der Waals surface area (Å²) in [5.74, 6) is -0.131. The average molecular weight is 253 g/mol. The van der Waals surface area contributed by atoms with Crippen molar-refractivity contribution >= 4 is 5.69 Å². The monoisotopic (exact) mass is 253 g/mol. The Kier molecular flexibility index (Phi) is 3.49. The number of nitro groups is 1. The molecule has 18 heavy (non-hydrogen) atoms. The fraction of sp³-hybridized carbons (Fsp3) is 0.500. The molecule has 1 aliphatic heterocycles. The summed E-state index contributed by atoms with van der Waals surface area (Å²) in [7, 11) is 0. The SMILES string of the molecule is CC1(C)OCC(COc2cccc([N+](=O)[O-])c2)O1. The Morgan fingerprint density at radius 1 is 1.56 bits per heavy atom. The zero-order chi connectivity index (χ0) is 13.2. The second-order valence-electron chi connectivity index (χ2n) is 4.52. The summed E-state index contributed by atoms with van der Waals surface area (Å²) in [5.41, 5.74) is 0.0106. The smallest absolute Gasteiger partial charge is 0.273 e. The molecule has 1 fully saturated rings. The molecule has 1 unspecified atom stereocenters. The van der Waals surface area contributed by atoms with Crippen molar-refractivity contribution < 1.29 is 19.1 Å². The lowest BCUT2D eigenvalue weighted by Gasteiger charge is -2.17. The van der Waals surface area contributed by atoms with Crippen LogP contribution >= 0.6 is 0 Å². The van der Waals surface area contributed by atoms with Crippen LogP contribution in [0.1, 0.15) is 13.8 Å². The van der Waals surface area contributed by atoms with E-state index in [1.807, 2.05) is 13.8 Å². The molecule has 1 heterocycles. The van der Waals surface area contributed by atoms with Crippen molar-refractivity contribution in [3.8, 4) is 5.75 Å².